The first-order valence-corrected chi connectivity index (χ1v) is 10.2. The Morgan fingerprint density at radius 2 is 1.79 bits per heavy atom. The second-order valence-corrected chi connectivity index (χ2v) is 8.24. The van der Waals surface area contributed by atoms with Gasteiger partial charge in [-0.1, -0.05) is 17.7 Å². The fourth-order valence-corrected chi connectivity index (χ4v) is 4.63. The summed E-state index contributed by atoms with van der Waals surface area (Å²) in [7, 11) is 0. The van der Waals surface area contributed by atoms with E-state index in [4.69, 9.17) is 20.8 Å². The number of ether oxygens (including phenoxy) is 1. The Labute approximate surface area is 168 Å². The van der Waals surface area contributed by atoms with Crippen LogP contribution in [0.5, 0.6) is 5.75 Å². The highest BCUT2D eigenvalue weighted by atomic mass is 35.5. The zero-order chi connectivity index (χ0) is 19.4. The van der Waals surface area contributed by atoms with Crippen molar-refractivity contribution < 1.29 is 9.15 Å². The molecule has 0 radical (unpaired) electrons. The zero-order valence-corrected chi connectivity index (χ0v) is 16.9. The summed E-state index contributed by atoms with van der Waals surface area (Å²) in [6.45, 7) is 5.22. The van der Waals surface area contributed by atoms with Crippen molar-refractivity contribution in [2.24, 2.45) is 0 Å². The Morgan fingerprint density at radius 3 is 2.57 bits per heavy atom. The lowest BCUT2D eigenvalue weighted by atomic mass is 9.90. The van der Waals surface area contributed by atoms with Gasteiger partial charge in [0.15, 0.2) is 6.73 Å². The minimum absolute atomic E-state index is 0.213. The van der Waals surface area contributed by atoms with Crippen LogP contribution >= 0.6 is 11.6 Å². The summed E-state index contributed by atoms with van der Waals surface area (Å²) >= 11 is 6.58. The van der Waals surface area contributed by atoms with E-state index in [9.17, 15) is 4.79 Å². The van der Waals surface area contributed by atoms with Gasteiger partial charge in [0.25, 0.3) is 0 Å². The Morgan fingerprint density at radius 1 is 1.00 bits per heavy atom. The van der Waals surface area contributed by atoms with Gasteiger partial charge in [-0.15, -0.1) is 0 Å². The van der Waals surface area contributed by atoms with Crippen molar-refractivity contribution in [2.45, 2.75) is 46.1 Å². The topological polar surface area (TPSA) is 42.7 Å². The molecule has 2 heterocycles. The van der Waals surface area contributed by atoms with Gasteiger partial charge in [-0.2, -0.15) is 0 Å². The van der Waals surface area contributed by atoms with Crippen LogP contribution in [0, 0.1) is 13.8 Å². The molecule has 0 spiro atoms. The van der Waals surface area contributed by atoms with Gasteiger partial charge < -0.3 is 14.1 Å². The lowest BCUT2D eigenvalue weighted by Gasteiger charge is -2.32. The maximum absolute atomic E-state index is 12.6. The minimum Gasteiger partial charge on any atom is -0.471 e. The van der Waals surface area contributed by atoms with Gasteiger partial charge in [0.2, 0.25) is 0 Å². The number of rotatable bonds is 1. The number of benzene rings is 2. The van der Waals surface area contributed by atoms with Crippen LogP contribution in [-0.4, -0.2) is 6.73 Å². The molecule has 0 fully saturated rings. The number of aryl methyl sites for hydroxylation is 3. The Balaban J connectivity index is 1.67. The molecule has 28 heavy (non-hydrogen) atoms. The van der Waals surface area contributed by atoms with E-state index in [1.807, 2.05) is 6.07 Å². The molecule has 4 nitrogen and oxygen atoms in total. The second-order valence-electron chi connectivity index (χ2n) is 7.84. The first-order valence-electron chi connectivity index (χ1n) is 9.78. The van der Waals surface area contributed by atoms with E-state index in [0.717, 1.165) is 53.4 Å². The van der Waals surface area contributed by atoms with Crippen LogP contribution in [0.3, 0.4) is 0 Å². The van der Waals surface area contributed by atoms with Crippen LogP contribution in [0.1, 0.15) is 40.7 Å². The third-order valence-electron chi connectivity index (χ3n) is 6.08. The molecule has 0 unspecified atom stereocenters. The molecule has 1 aliphatic heterocycles. The first-order chi connectivity index (χ1) is 13.5. The van der Waals surface area contributed by atoms with Crippen LogP contribution in [0.2, 0.25) is 5.02 Å². The zero-order valence-electron chi connectivity index (χ0n) is 16.1. The maximum atomic E-state index is 12.6. The van der Waals surface area contributed by atoms with E-state index < -0.39 is 0 Å². The molecule has 1 aromatic heterocycles. The summed E-state index contributed by atoms with van der Waals surface area (Å²) in [6.07, 6.45) is 3.80. The average Bonchev–Trinajstić information content (AvgIpc) is 2.71. The van der Waals surface area contributed by atoms with E-state index in [-0.39, 0.29) is 5.63 Å². The lowest BCUT2D eigenvalue weighted by Crippen LogP contribution is -2.32. The largest absolute Gasteiger partial charge is 0.471 e. The van der Waals surface area contributed by atoms with Gasteiger partial charge >= 0.3 is 5.63 Å². The Hall–Kier alpha value is -2.46. The third kappa shape index (κ3) is 2.70. The van der Waals surface area contributed by atoms with Gasteiger partial charge in [0.05, 0.1) is 17.1 Å². The van der Waals surface area contributed by atoms with Crippen molar-refractivity contribution in [2.75, 3.05) is 11.6 Å². The van der Waals surface area contributed by atoms with Gasteiger partial charge in [0, 0.05) is 16.6 Å². The molecule has 0 saturated heterocycles. The highest BCUT2D eigenvalue weighted by molar-refractivity contribution is 6.33. The number of anilines is 1. The van der Waals surface area contributed by atoms with Crippen LogP contribution in [-0.2, 0) is 19.4 Å². The van der Waals surface area contributed by atoms with Crippen molar-refractivity contribution in [3.05, 3.63) is 67.5 Å². The second kappa shape index (κ2) is 6.56. The fourth-order valence-electron chi connectivity index (χ4n) is 4.36. The number of nitrogens with zero attached hydrogens (tertiary/aromatic N) is 1. The summed E-state index contributed by atoms with van der Waals surface area (Å²) < 4.78 is 11.8. The highest BCUT2D eigenvalue weighted by Crippen LogP contribution is 2.41. The van der Waals surface area contributed by atoms with Gasteiger partial charge in [-0.05, 0) is 74.4 Å². The number of halogens is 1. The number of fused-ring (bicyclic) bond motifs is 5. The quantitative estimate of drug-likeness (QED) is 0.524. The predicted molar refractivity (Wildman–Crippen MR) is 112 cm³/mol. The van der Waals surface area contributed by atoms with E-state index >= 15 is 0 Å². The fraction of sp³-hybridized carbons (Fsp3) is 0.348. The molecule has 0 N–H and O–H groups in total. The lowest BCUT2D eigenvalue weighted by molar-refractivity contribution is 0.289. The van der Waals surface area contributed by atoms with Crippen LogP contribution < -0.4 is 15.3 Å². The van der Waals surface area contributed by atoms with Crippen molar-refractivity contribution >= 4 is 28.3 Å². The van der Waals surface area contributed by atoms with Crippen molar-refractivity contribution in [3.63, 3.8) is 0 Å². The predicted octanol–water partition coefficient (Wildman–Crippen LogP) is 5.30. The molecule has 1 aliphatic carbocycles. The van der Waals surface area contributed by atoms with Gasteiger partial charge in [-0.25, -0.2) is 4.79 Å². The number of hydrogen-bond donors (Lipinski definition) is 0. The molecular weight excluding hydrogens is 374 g/mol. The van der Waals surface area contributed by atoms with E-state index in [0.29, 0.717) is 29.6 Å². The summed E-state index contributed by atoms with van der Waals surface area (Å²) in [5.41, 5.74) is 6.77. The first kappa shape index (κ1) is 17.6. The van der Waals surface area contributed by atoms with E-state index in [1.54, 1.807) is 0 Å². The summed E-state index contributed by atoms with van der Waals surface area (Å²) in [6, 6.07) is 8.29. The minimum atomic E-state index is -0.213. The SMILES string of the molecule is Cc1ccc(N2COc3c(Cl)cc4c5c(c(=O)oc4c3C2)CCCC5)cc1C. The Bertz CT molecular complexity index is 1160. The molecular formula is C23H22ClNO3. The van der Waals surface area contributed by atoms with Gasteiger partial charge in [0.1, 0.15) is 11.3 Å². The molecule has 5 heteroatoms. The molecule has 0 amide bonds. The maximum Gasteiger partial charge on any atom is 0.339 e. The summed E-state index contributed by atoms with van der Waals surface area (Å²) in [5.74, 6) is 0.633. The summed E-state index contributed by atoms with van der Waals surface area (Å²) in [5, 5.41) is 1.55. The van der Waals surface area contributed by atoms with Crippen molar-refractivity contribution in [1.82, 2.24) is 0 Å². The van der Waals surface area contributed by atoms with Crippen molar-refractivity contribution in [1.29, 1.82) is 0 Å². The standard InChI is InChI=1S/C23H22ClNO3/c1-13-7-8-15(9-14(13)2)25-11-19-21-18(10-20(24)22(19)27-12-25)16-5-3-4-6-17(16)23(26)28-21/h7-10H,3-6,11-12H2,1-2H3. The molecule has 144 valence electrons. The normalized spacial score (nSPS) is 15.9. The molecule has 2 aliphatic rings. The summed E-state index contributed by atoms with van der Waals surface area (Å²) in [4.78, 5) is 14.8. The molecule has 0 saturated carbocycles. The van der Waals surface area contributed by atoms with Crippen molar-refractivity contribution in [3.8, 4) is 5.75 Å². The number of hydrogen-bond acceptors (Lipinski definition) is 4. The molecule has 0 atom stereocenters. The highest BCUT2D eigenvalue weighted by Gasteiger charge is 2.27. The van der Waals surface area contributed by atoms with E-state index in [1.165, 1.54) is 11.1 Å². The average molecular weight is 396 g/mol. The molecule has 0 bridgehead atoms. The molecule has 5 rings (SSSR count). The Kier molecular flexibility index (Phi) is 4.13. The smallest absolute Gasteiger partial charge is 0.339 e. The molecule has 2 aromatic carbocycles. The third-order valence-corrected chi connectivity index (χ3v) is 6.36. The van der Waals surface area contributed by atoms with Gasteiger partial charge in [-0.3, -0.25) is 0 Å². The molecule has 3 aromatic rings. The van der Waals surface area contributed by atoms with Crippen LogP contribution in [0.25, 0.3) is 11.0 Å². The van der Waals surface area contributed by atoms with Crippen LogP contribution in [0.15, 0.2) is 33.5 Å². The van der Waals surface area contributed by atoms with E-state index in [2.05, 4.69) is 36.9 Å². The van der Waals surface area contributed by atoms with Crippen LogP contribution in [0.4, 0.5) is 5.69 Å². The monoisotopic (exact) mass is 395 g/mol.